The SMILES string of the molecule is COc1ccc(CN2CCN(C3CC4(CCN(c5ccc(C(=O)NS(=O)(=O)c6cc([N+](=O)[O-])c(CCC7(F)CCOCC7)c7c6OCO7)c(Oc6cnc7[nH]ccc7c6)c5)CC4)C3)[C@H](c3ccccc3C(C)C)C2)cc1. The average Bonchev–Trinajstić information content (AvgIpc) is 4.11. The van der Waals surface area contributed by atoms with Crippen molar-refractivity contribution < 1.29 is 46.2 Å². The van der Waals surface area contributed by atoms with E-state index in [-0.39, 0.29) is 78.7 Å². The van der Waals surface area contributed by atoms with Crippen LogP contribution < -0.4 is 28.6 Å². The number of sulfonamides is 1. The van der Waals surface area contributed by atoms with Crippen LogP contribution in [0, 0.1) is 15.5 Å². The Kier molecular flexibility index (Phi) is 14.2. The van der Waals surface area contributed by atoms with Gasteiger partial charge in [0.1, 0.15) is 33.5 Å². The van der Waals surface area contributed by atoms with Gasteiger partial charge in [-0.25, -0.2) is 22.5 Å². The van der Waals surface area contributed by atoms with Crippen LogP contribution in [0.4, 0.5) is 15.8 Å². The molecule has 76 heavy (non-hydrogen) atoms. The predicted octanol–water partition coefficient (Wildman–Crippen LogP) is 10.0. The van der Waals surface area contributed by atoms with E-state index in [1.165, 1.54) is 29.0 Å². The Bertz CT molecular complexity index is 3240. The number of aromatic nitrogens is 2. The van der Waals surface area contributed by atoms with Crippen LogP contribution in [-0.2, 0) is 27.7 Å². The zero-order chi connectivity index (χ0) is 52.8. The Morgan fingerprint density at radius 3 is 2.46 bits per heavy atom. The summed E-state index contributed by atoms with van der Waals surface area (Å²) in [6.45, 7) is 9.97. The maximum atomic E-state index is 15.7. The van der Waals surface area contributed by atoms with E-state index in [9.17, 15) is 23.3 Å². The van der Waals surface area contributed by atoms with Gasteiger partial charge in [0.05, 0.1) is 29.4 Å². The van der Waals surface area contributed by atoms with E-state index in [1.54, 1.807) is 31.5 Å². The predicted molar refractivity (Wildman–Crippen MR) is 284 cm³/mol. The summed E-state index contributed by atoms with van der Waals surface area (Å²) in [4.78, 5) is 40.6. The third kappa shape index (κ3) is 10.4. The lowest BCUT2D eigenvalue weighted by molar-refractivity contribution is -0.385. The number of benzene rings is 4. The fourth-order valence-corrected chi connectivity index (χ4v) is 13.3. The van der Waals surface area contributed by atoms with Crippen molar-refractivity contribution in [2.45, 2.75) is 100 Å². The fourth-order valence-electron chi connectivity index (χ4n) is 12.2. The van der Waals surface area contributed by atoms with Gasteiger partial charge in [-0.3, -0.25) is 24.7 Å². The lowest BCUT2D eigenvalue weighted by Gasteiger charge is -2.58. The topological polar surface area (TPSA) is 191 Å². The minimum absolute atomic E-state index is 0.0128. The second-order valence-corrected chi connectivity index (χ2v) is 23.1. The highest BCUT2D eigenvalue weighted by Crippen LogP contribution is 2.54. The monoisotopic (exact) mass is 1060 g/mol. The number of fused-ring (bicyclic) bond motifs is 2. The maximum Gasteiger partial charge on any atom is 0.277 e. The van der Waals surface area contributed by atoms with E-state index in [2.05, 4.69) is 79.6 Å². The van der Waals surface area contributed by atoms with Gasteiger partial charge in [0, 0.05) is 107 Å². The van der Waals surface area contributed by atoms with Gasteiger partial charge < -0.3 is 33.6 Å². The lowest BCUT2D eigenvalue weighted by atomic mass is 9.59. The van der Waals surface area contributed by atoms with Crippen LogP contribution in [0.5, 0.6) is 28.7 Å². The van der Waals surface area contributed by atoms with Crippen molar-refractivity contribution in [3.8, 4) is 28.7 Å². The van der Waals surface area contributed by atoms with Crippen molar-refractivity contribution >= 4 is 38.3 Å². The normalized spacial score (nSPS) is 19.7. The molecule has 3 saturated heterocycles. The lowest BCUT2D eigenvalue weighted by Crippen LogP contribution is -2.60. The Morgan fingerprint density at radius 1 is 0.947 bits per heavy atom. The van der Waals surface area contributed by atoms with E-state index in [4.69, 9.17) is 23.7 Å². The van der Waals surface area contributed by atoms with Crippen molar-refractivity contribution in [1.29, 1.82) is 0 Å². The number of H-pyrrole nitrogens is 1. The van der Waals surface area contributed by atoms with Gasteiger partial charge in [-0.1, -0.05) is 50.2 Å². The van der Waals surface area contributed by atoms with Gasteiger partial charge in [0.15, 0.2) is 11.5 Å². The van der Waals surface area contributed by atoms with Crippen molar-refractivity contribution in [1.82, 2.24) is 24.5 Å². The Morgan fingerprint density at radius 2 is 1.71 bits per heavy atom. The van der Waals surface area contributed by atoms with Gasteiger partial charge >= 0.3 is 0 Å². The summed E-state index contributed by atoms with van der Waals surface area (Å²) in [6, 6.07) is 27.6. The number of ether oxygens (including phenoxy) is 5. The van der Waals surface area contributed by atoms with Crippen molar-refractivity contribution in [3.63, 3.8) is 0 Å². The van der Waals surface area contributed by atoms with Crippen LogP contribution in [-0.4, -0.2) is 111 Å². The molecule has 19 heteroatoms. The first-order valence-corrected chi connectivity index (χ1v) is 27.8. The molecule has 0 radical (unpaired) electrons. The second-order valence-electron chi connectivity index (χ2n) is 21.4. The molecular weight excluding hydrogens is 994 g/mol. The Hall–Kier alpha value is -6.80. The van der Waals surface area contributed by atoms with Gasteiger partial charge in [0.2, 0.25) is 6.79 Å². The molecule has 400 valence electrons. The number of amides is 1. The summed E-state index contributed by atoms with van der Waals surface area (Å²) in [6.07, 6.45) is 7.57. The highest BCUT2D eigenvalue weighted by atomic mass is 32.2. The van der Waals surface area contributed by atoms with Gasteiger partial charge in [-0.2, -0.15) is 0 Å². The maximum absolute atomic E-state index is 15.7. The van der Waals surface area contributed by atoms with Crippen molar-refractivity contribution in [2.75, 3.05) is 64.7 Å². The molecule has 17 nitrogen and oxygen atoms in total. The van der Waals surface area contributed by atoms with Gasteiger partial charge in [-0.05, 0) is 103 Å². The molecule has 1 atom stereocenters. The van der Waals surface area contributed by atoms with Gasteiger partial charge in [-0.15, -0.1) is 0 Å². The molecule has 6 aromatic rings. The number of hydrogen-bond acceptors (Lipinski definition) is 14. The molecule has 11 rings (SSSR count). The molecule has 1 amide bonds. The number of nitrogens with zero attached hydrogens (tertiary/aromatic N) is 5. The minimum atomic E-state index is -4.85. The highest BCUT2D eigenvalue weighted by Gasteiger charge is 2.50. The molecule has 2 N–H and O–H groups in total. The first-order valence-electron chi connectivity index (χ1n) is 26.3. The average molecular weight is 1060 g/mol. The first-order chi connectivity index (χ1) is 36.7. The van der Waals surface area contributed by atoms with Gasteiger partial charge in [0.25, 0.3) is 21.6 Å². The van der Waals surface area contributed by atoms with E-state index >= 15 is 4.39 Å². The molecule has 4 aromatic carbocycles. The summed E-state index contributed by atoms with van der Waals surface area (Å²) in [5.74, 6) is 0.170. The first kappa shape index (κ1) is 51.3. The molecule has 5 aliphatic rings. The molecular formula is C57H64FN7O10S. The van der Waals surface area contributed by atoms with Crippen LogP contribution in [0.15, 0.2) is 102 Å². The minimum Gasteiger partial charge on any atom is -0.497 e. The molecule has 4 aliphatic heterocycles. The largest absolute Gasteiger partial charge is 0.497 e. The molecule has 0 unspecified atom stereocenters. The molecule has 1 saturated carbocycles. The highest BCUT2D eigenvalue weighted by molar-refractivity contribution is 7.90. The van der Waals surface area contributed by atoms with Crippen LogP contribution in [0.1, 0.15) is 103 Å². The summed E-state index contributed by atoms with van der Waals surface area (Å²) >= 11 is 0. The second kappa shape index (κ2) is 21.0. The number of nitrogens with one attached hydrogen (secondary N) is 2. The Labute approximate surface area is 441 Å². The third-order valence-electron chi connectivity index (χ3n) is 16.5. The summed E-state index contributed by atoms with van der Waals surface area (Å²) in [7, 11) is -3.16. The van der Waals surface area contributed by atoms with Crippen LogP contribution >= 0.6 is 0 Å². The molecule has 0 bridgehead atoms. The van der Waals surface area contributed by atoms with E-state index in [1.807, 2.05) is 18.2 Å². The van der Waals surface area contributed by atoms with Crippen LogP contribution in [0.2, 0.25) is 0 Å². The Balaban J connectivity index is 0.807. The zero-order valence-electron chi connectivity index (χ0n) is 43.1. The number of anilines is 1. The number of nitro benzene ring substituents is 1. The fraction of sp³-hybridized carbons (Fsp3) is 0.439. The zero-order valence-corrected chi connectivity index (χ0v) is 43.9. The van der Waals surface area contributed by atoms with Crippen LogP contribution in [0.25, 0.3) is 11.0 Å². The number of rotatable bonds is 16. The van der Waals surface area contributed by atoms with E-state index in [0.29, 0.717) is 23.4 Å². The standard InChI is InChI=1S/C57H64FN7O10S/c1-37(2)44-6-4-5-7-45(44)49-35-62(34-38-8-11-42(71-3)12-9-38)24-25-64(49)41-31-56(32-41)17-22-63(23-18-56)40-10-13-47(50(29-40)75-43-28-39-15-21-59-54(39)60-33-43)55(66)61-76(69,70)51-30-48(65(67)68)46(52-53(51)74-36-73-52)14-16-57(58)19-26-72-27-20-57/h4-13,15,21,28-30,33,37,41,49H,14,16-20,22-27,31-32,34-36H2,1-3H3,(H,59,60)(H,61,66)/t49-/m0/s1. The summed E-state index contributed by atoms with van der Waals surface area (Å²) in [5.41, 5.74) is 3.46. The summed E-state index contributed by atoms with van der Waals surface area (Å²) < 4.78 is 74.6. The quantitative estimate of drug-likeness (QED) is 0.0688. The number of halogens is 1. The van der Waals surface area contributed by atoms with Crippen molar-refractivity contribution in [3.05, 3.63) is 135 Å². The van der Waals surface area contributed by atoms with Crippen molar-refractivity contribution in [2.24, 2.45) is 5.41 Å². The molecule has 1 spiro atoms. The van der Waals surface area contributed by atoms with E-state index < -0.39 is 43.9 Å². The smallest absolute Gasteiger partial charge is 0.277 e. The molecule has 1 aliphatic carbocycles. The number of carbonyl (C=O) groups excluding carboxylic acids is 1. The number of aromatic amines is 1. The summed E-state index contributed by atoms with van der Waals surface area (Å²) in [5, 5.41) is 13.3. The van der Waals surface area contributed by atoms with E-state index in [0.717, 1.165) is 87.8 Å². The number of hydrogen-bond donors (Lipinski definition) is 2. The molecule has 4 fully saturated rings. The number of carbonyl (C=O) groups is 1. The number of piperazine rings is 1. The number of nitro groups is 1. The number of methoxy groups -OCH3 is 1. The van der Waals surface area contributed by atoms with Crippen LogP contribution in [0.3, 0.4) is 0 Å². The molecule has 6 heterocycles. The number of alkyl halides is 1. The number of pyridine rings is 1. The number of piperidine rings is 1. The third-order valence-corrected chi connectivity index (χ3v) is 17.8. The molecule has 2 aromatic heterocycles.